The Morgan fingerprint density at radius 3 is 2.32 bits per heavy atom. The van der Waals surface area contributed by atoms with Crippen LogP contribution >= 0.6 is 0 Å². The predicted molar refractivity (Wildman–Crippen MR) is 73.1 cm³/mol. The highest BCUT2D eigenvalue weighted by Crippen LogP contribution is 2.26. The number of rotatable bonds is 2. The maximum atomic E-state index is 8.83. The Bertz CT molecular complexity index is 611. The Morgan fingerprint density at radius 2 is 1.84 bits per heavy atom. The van der Waals surface area contributed by atoms with Crippen molar-refractivity contribution in [2.45, 2.75) is 32.9 Å². The SMILES string of the molecule is CC(C)(C)n1c(CN)nnc1-c1ccc(C#N)cc1. The van der Waals surface area contributed by atoms with Gasteiger partial charge in [0.15, 0.2) is 5.82 Å². The van der Waals surface area contributed by atoms with Crippen molar-refractivity contribution in [1.29, 1.82) is 5.26 Å². The molecule has 1 heterocycles. The lowest BCUT2D eigenvalue weighted by molar-refractivity contribution is 0.386. The number of nitrogens with zero attached hydrogens (tertiary/aromatic N) is 4. The molecule has 0 spiro atoms. The van der Waals surface area contributed by atoms with Crippen LogP contribution in [0.3, 0.4) is 0 Å². The van der Waals surface area contributed by atoms with Gasteiger partial charge in [-0.15, -0.1) is 10.2 Å². The highest BCUT2D eigenvalue weighted by atomic mass is 15.3. The molecule has 98 valence electrons. The molecule has 0 unspecified atom stereocenters. The first-order valence-corrected chi connectivity index (χ1v) is 6.12. The molecule has 0 aliphatic heterocycles. The third kappa shape index (κ3) is 2.49. The second-order valence-corrected chi connectivity index (χ2v) is 5.34. The Balaban J connectivity index is 2.56. The van der Waals surface area contributed by atoms with E-state index in [9.17, 15) is 0 Å². The summed E-state index contributed by atoms with van der Waals surface area (Å²) in [6.07, 6.45) is 0. The molecule has 2 rings (SSSR count). The number of aromatic nitrogens is 3. The van der Waals surface area contributed by atoms with E-state index in [1.807, 2.05) is 16.7 Å². The second-order valence-electron chi connectivity index (χ2n) is 5.34. The van der Waals surface area contributed by atoms with Crippen molar-refractivity contribution in [3.05, 3.63) is 35.7 Å². The van der Waals surface area contributed by atoms with Crippen molar-refractivity contribution >= 4 is 0 Å². The topological polar surface area (TPSA) is 80.5 Å². The van der Waals surface area contributed by atoms with E-state index in [4.69, 9.17) is 11.0 Å². The molecule has 0 saturated heterocycles. The largest absolute Gasteiger partial charge is 0.324 e. The van der Waals surface area contributed by atoms with Crippen LogP contribution in [0.5, 0.6) is 0 Å². The summed E-state index contributed by atoms with van der Waals surface area (Å²) in [7, 11) is 0. The highest BCUT2D eigenvalue weighted by molar-refractivity contribution is 5.57. The van der Waals surface area contributed by atoms with Crippen molar-refractivity contribution in [2.24, 2.45) is 5.73 Å². The zero-order valence-electron chi connectivity index (χ0n) is 11.4. The molecule has 2 N–H and O–H groups in total. The van der Waals surface area contributed by atoms with E-state index < -0.39 is 0 Å². The Morgan fingerprint density at radius 1 is 1.21 bits per heavy atom. The number of hydrogen-bond donors (Lipinski definition) is 1. The van der Waals surface area contributed by atoms with Crippen LogP contribution in [0, 0.1) is 11.3 Å². The fourth-order valence-corrected chi connectivity index (χ4v) is 2.03. The summed E-state index contributed by atoms with van der Waals surface area (Å²) in [6.45, 7) is 6.61. The summed E-state index contributed by atoms with van der Waals surface area (Å²) in [5, 5.41) is 17.2. The summed E-state index contributed by atoms with van der Waals surface area (Å²) in [6, 6.07) is 9.42. The van der Waals surface area contributed by atoms with Crippen LogP contribution in [0.2, 0.25) is 0 Å². The first-order chi connectivity index (χ1) is 8.97. The van der Waals surface area contributed by atoms with E-state index in [0.29, 0.717) is 12.1 Å². The molecule has 1 aromatic heterocycles. The molecule has 19 heavy (non-hydrogen) atoms. The van der Waals surface area contributed by atoms with Gasteiger partial charge in [-0.05, 0) is 45.0 Å². The molecule has 1 aromatic carbocycles. The summed E-state index contributed by atoms with van der Waals surface area (Å²) in [4.78, 5) is 0. The first kappa shape index (κ1) is 13.2. The third-order valence-electron chi connectivity index (χ3n) is 2.86. The van der Waals surface area contributed by atoms with E-state index in [1.54, 1.807) is 12.1 Å². The molecule has 5 nitrogen and oxygen atoms in total. The molecule has 0 saturated carbocycles. The molecular weight excluding hydrogens is 238 g/mol. The minimum Gasteiger partial charge on any atom is -0.324 e. The molecule has 0 radical (unpaired) electrons. The van der Waals surface area contributed by atoms with Gasteiger partial charge in [-0.1, -0.05) is 0 Å². The van der Waals surface area contributed by atoms with Gasteiger partial charge in [0.2, 0.25) is 0 Å². The monoisotopic (exact) mass is 255 g/mol. The lowest BCUT2D eigenvalue weighted by Gasteiger charge is -2.24. The van der Waals surface area contributed by atoms with Gasteiger partial charge in [0.1, 0.15) is 5.82 Å². The fraction of sp³-hybridized carbons (Fsp3) is 0.357. The highest BCUT2D eigenvalue weighted by Gasteiger charge is 2.23. The number of nitriles is 1. The molecule has 0 aliphatic carbocycles. The summed E-state index contributed by atoms with van der Waals surface area (Å²) >= 11 is 0. The minimum absolute atomic E-state index is 0.151. The molecule has 0 bridgehead atoms. The van der Waals surface area contributed by atoms with E-state index in [2.05, 4.69) is 37.0 Å². The van der Waals surface area contributed by atoms with Crippen molar-refractivity contribution in [1.82, 2.24) is 14.8 Å². The smallest absolute Gasteiger partial charge is 0.164 e. The van der Waals surface area contributed by atoms with Crippen molar-refractivity contribution in [3.8, 4) is 17.5 Å². The maximum Gasteiger partial charge on any atom is 0.164 e. The Hall–Kier alpha value is -2.19. The zero-order valence-corrected chi connectivity index (χ0v) is 11.4. The Kier molecular flexibility index (Phi) is 3.36. The molecule has 5 heteroatoms. The van der Waals surface area contributed by atoms with E-state index in [1.165, 1.54) is 0 Å². The first-order valence-electron chi connectivity index (χ1n) is 6.12. The molecule has 2 aromatic rings. The van der Waals surface area contributed by atoms with Crippen molar-refractivity contribution in [3.63, 3.8) is 0 Å². The van der Waals surface area contributed by atoms with Gasteiger partial charge in [-0.2, -0.15) is 5.26 Å². The number of benzene rings is 1. The molecule has 0 fully saturated rings. The van der Waals surface area contributed by atoms with Gasteiger partial charge in [0.25, 0.3) is 0 Å². The normalized spacial score (nSPS) is 11.3. The van der Waals surface area contributed by atoms with Gasteiger partial charge in [0.05, 0.1) is 18.2 Å². The predicted octanol–water partition coefficient (Wildman–Crippen LogP) is 2.03. The number of nitrogens with two attached hydrogens (primary N) is 1. The van der Waals surface area contributed by atoms with Gasteiger partial charge in [0, 0.05) is 11.1 Å². The van der Waals surface area contributed by atoms with Crippen LogP contribution in [0.25, 0.3) is 11.4 Å². The van der Waals surface area contributed by atoms with Crippen LogP contribution in [-0.4, -0.2) is 14.8 Å². The second kappa shape index (κ2) is 4.82. The van der Waals surface area contributed by atoms with Crippen LogP contribution in [-0.2, 0) is 12.1 Å². The summed E-state index contributed by atoms with van der Waals surface area (Å²) in [5.41, 5.74) is 7.13. The standard InChI is InChI=1S/C14H17N5/c1-14(2,3)19-12(9-16)17-18-13(19)11-6-4-10(8-15)5-7-11/h4-7H,9,16H2,1-3H3. The average Bonchev–Trinajstić information content (AvgIpc) is 2.82. The van der Waals surface area contributed by atoms with Crippen LogP contribution in [0.1, 0.15) is 32.2 Å². The minimum atomic E-state index is -0.151. The van der Waals surface area contributed by atoms with Gasteiger partial charge in [-0.25, -0.2) is 0 Å². The molecule has 0 amide bonds. The van der Waals surface area contributed by atoms with E-state index in [-0.39, 0.29) is 5.54 Å². The van der Waals surface area contributed by atoms with Gasteiger partial charge in [-0.3, -0.25) is 0 Å². The lowest BCUT2D eigenvalue weighted by atomic mass is 10.1. The quantitative estimate of drug-likeness (QED) is 0.890. The third-order valence-corrected chi connectivity index (χ3v) is 2.86. The Labute approximate surface area is 112 Å². The van der Waals surface area contributed by atoms with Crippen molar-refractivity contribution < 1.29 is 0 Å². The van der Waals surface area contributed by atoms with Crippen LogP contribution < -0.4 is 5.73 Å². The van der Waals surface area contributed by atoms with Crippen LogP contribution in [0.15, 0.2) is 24.3 Å². The van der Waals surface area contributed by atoms with Crippen LogP contribution in [0.4, 0.5) is 0 Å². The summed E-state index contributed by atoms with van der Waals surface area (Å²) < 4.78 is 2.04. The van der Waals surface area contributed by atoms with E-state index in [0.717, 1.165) is 17.2 Å². The number of hydrogen-bond acceptors (Lipinski definition) is 4. The molecule has 0 aliphatic rings. The lowest BCUT2D eigenvalue weighted by Crippen LogP contribution is -2.26. The van der Waals surface area contributed by atoms with Crippen molar-refractivity contribution in [2.75, 3.05) is 0 Å². The molecule has 0 atom stereocenters. The average molecular weight is 255 g/mol. The van der Waals surface area contributed by atoms with E-state index >= 15 is 0 Å². The van der Waals surface area contributed by atoms with Gasteiger partial charge >= 0.3 is 0 Å². The zero-order chi connectivity index (χ0) is 14.0. The summed E-state index contributed by atoms with van der Waals surface area (Å²) in [5.74, 6) is 1.53. The van der Waals surface area contributed by atoms with Gasteiger partial charge < -0.3 is 10.3 Å². The maximum absolute atomic E-state index is 8.83. The molecular formula is C14H17N5. The fourth-order valence-electron chi connectivity index (χ4n) is 2.03.